The van der Waals surface area contributed by atoms with Crippen LogP contribution in [0.1, 0.15) is 19.3 Å². The minimum atomic E-state index is 0.824. The van der Waals surface area contributed by atoms with Crippen molar-refractivity contribution in [3.8, 4) is 0 Å². The SMILES string of the molecule is NCCC1CCN(c2snc3ccccc23)CC1. The van der Waals surface area contributed by atoms with Gasteiger partial charge >= 0.3 is 0 Å². The molecule has 0 radical (unpaired) electrons. The summed E-state index contributed by atoms with van der Waals surface area (Å²) in [5, 5.41) is 2.65. The van der Waals surface area contributed by atoms with E-state index in [1.165, 1.54) is 29.6 Å². The van der Waals surface area contributed by atoms with E-state index in [1.807, 2.05) is 0 Å². The van der Waals surface area contributed by atoms with E-state index in [9.17, 15) is 0 Å². The quantitative estimate of drug-likeness (QED) is 0.923. The second-order valence-corrected chi connectivity index (χ2v) is 5.76. The monoisotopic (exact) mass is 261 g/mol. The topological polar surface area (TPSA) is 42.1 Å². The number of hydrogen-bond acceptors (Lipinski definition) is 4. The van der Waals surface area contributed by atoms with Gasteiger partial charge < -0.3 is 10.6 Å². The lowest BCUT2D eigenvalue weighted by Crippen LogP contribution is -2.33. The van der Waals surface area contributed by atoms with Crippen LogP contribution in [-0.4, -0.2) is 24.0 Å². The van der Waals surface area contributed by atoms with Crippen LogP contribution in [0.15, 0.2) is 24.3 Å². The predicted molar refractivity (Wildman–Crippen MR) is 78.2 cm³/mol. The molecule has 1 aromatic heterocycles. The van der Waals surface area contributed by atoms with Crippen molar-refractivity contribution in [2.75, 3.05) is 24.5 Å². The molecule has 18 heavy (non-hydrogen) atoms. The molecule has 1 aliphatic rings. The van der Waals surface area contributed by atoms with Crippen molar-refractivity contribution < 1.29 is 0 Å². The average Bonchev–Trinajstić information content (AvgIpc) is 2.84. The molecule has 0 spiro atoms. The fourth-order valence-electron chi connectivity index (χ4n) is 2.76. The summed E-state index contributed by atoms with van der Waals surface area (Å²) in [6.45, 7) is 3.13. The van der Waals surface area contributed by atoms with Crippen molar-refractivity contribution in [1.82, 2.24) is 4.37 Å². The summed E-state index contributed by atoms with van der Waals surface area (Å²) in [5.74, 6) is 0.824. The number of benzene rings is 1. The first kappa shape index (κ1) is 11.9. The first-order valence-corrected chi connectivity index (χ1v) is 7.45. The molecule has 0 unspecified atom stereocenters. The molecule has 4 heteroatoms. The van der Waals surface area contributed by atoms with Crippen LogP contribution in [0.3, 0.4) is 0 Å². The Kier molecular flexibility index (Phi) is 3.48. The molecule has 0 saturated carbocycles. The first-order chi connectivity index (χ1) is 8.88. The third-order valence-electron chi connectivity index (χ3n) is 3.84. The van der Waals surface area contributed by atoms with Crippen LogP contribution in [0, 0.1) is 5.92 Å². The molecule has 2 N–H and O–H groups in total. The first-order valence-electron chi connectivity index (χ1n) is 6.68. The van der Waals surface area contributed by atoms with Gasteiger partial charge in [-0.2, -0.15) is 4.37 Å². The van der Waals surface area contributed by atoms with Crippen LogP contribution < -0.4 is 10.6 Å². The van der Waals surface area contributed by atoms with Crippen molar-refractivity contribution in [1.29, 1.82) is 0 Å². The molecule has 0 bridgehead atoms. The van der Waals surface area contributed by atoms with Gasteiger partial charge in [0.05, 0.1) is 5.52 Å². The maximum absolute atomic E-state index is 5.64. The Morgan fingerprint density at radius 1 is 1.28 bits per heavy atom. The number of anilines is 1. The van der Waals surface area contributed by atoms with Crippen molar-refractivity contribution in [3.05, 3.63) is 24.3 Å². The Morgan fingerprint density at radius 2 is 2.06 bits per heavy atom. The van der Waals surface area contributed by atoms with E-state index in [-0.39, 0.29) is 0 Å². The van der Waals surface area contributed by atoms with E-state index in [1.54, 1.807) is 11.5 Å². The molecule has 1 fully saturated rings. The van der Waals surface area contributed by atoms with Gasteiger partial charge in [-0.05, 0) is 55.4 Å². The Bertz CT molecular complexity index is 514. The normalized spacial score (nSPS) is 17.5. The van der Waals surface area contributed by atoms with Gasteiger partial charge in [-0.3, -0.25) is 0 Å². The lowest BCUT2D eigenvalue weighted by molar-refractivity contribution is 0.387. The fraction of sp³-hybridized carbons (Fsp3) is 0.500. The van der Waals surface area contributed by atoms with Gasteiger partial charge in [0.1, 0.15) is 5.00 Å². The van der Waals surface area contributed by atoms with Crippen LogP contribution >= 0.6 is 11.5 Å². The molecule has 3 rings (SSSR count). The molecular weight excluding hydrogens is 242 g/mol. The maximum Gasteiger partial charge on any atom is 0.119 e. The summed E-state index contributed by atoms with van der Waals surface area (Å²) in [6.07, 6.45) is 3.71. The number of fused-ring (bicyclic) bond motifs is 1. The number of hydrogen-bond donors (Lipinski definition) is 1. The Labute approximate surface area is 112 Å². The Balaban J connectivity index is 1.76. The van der Waals surface area contributed by atoms with Gasteiger partial charge in [0.25, 0.3) is 0 Å². The number of piperidine rings is 1. The third kappa shape index (κ3) is 2.22. The molecule has 0 amide bonds. The van der Waals surface area contributed by atoms with E-state index in [0.29, 0.717) is 0 Å². The Hall–Kier alpha value is -1.13. The van der Waals surface area contributed by atoms with Crippen molar-refractivity contribution in [2.24, 2.45) is 11.7 Å². The van der Waals surface area contributed by atoms with Gasteiger partial charge in [0.15, 0.2) is 0 Å². The van der Waals surface area contributed by atoms with E-state index in [2.05, 4.69) is 33.5 Å². The van der Waals surface area contributed by atoms with Crippen molar-refractivity contribution in [3.63, 3.8) is 0 Å². The Morgan fingerprint density at radius 3 is 2.83 bits per heavy atom. The summed E-state index contributed by atoms with van der Waals surface area (Å²) in [6, 6.07) is 8.43. The standard InChI is InChI=1S/C14H19N3S/c15-8-5-11-6-9-17(10-7-11)14-12-3-1-2-4-13(12)16-18-14/h1-4,11H,5-10,15H2. The summed E-state index contributed by atoms with van der Waals surface area (Å²) in [4.78, 5) is 2.49. The van der Waals surface area contributed by atoms with Crippen LogP contribution in [0.25, 0.3) is 10.9 Å². The molecule has 0 aliphatic carbocycles. The molecule has 2 heterocycles. The average molecular weight is 261 g/mol. The zero-order valence-electron chi connectivity index (χ0n) is 10.5. The van der Waals surface area contributed by atoms with Gasteiger partial charge in [-0.25, -0.2) is 0 Å². The van der Waals surface area contributed by atoms with E-state index >= 15 is 0 Å². The van der Waals surface area contributed by atoms with Gasteiger partial charge in [0, 0.05) is 18.5 Å². The third-order valence-corrected chi connectivity index (χ3v) is 4.78. The molecule has 1 saturated heterocycles. The van der Waals surface area contributed by atoms with Crippen molar-refractivity contribution in [2.45, 2.75) is 19.3 Å². The lowest BCUT2D eigenvalue weighted by atomic mass is 9.94. The summed E-state index contributed by atoms with van der Waals surface area (Å²) < 4.78 is 4.53. The highest BCUT2D eigenvalue weighted by molar-refractivity contribution is 7.11. The second-order valence-electron chi connectivity index (χ2n) is 5.01. The second kappa shape index (κ2) is 5.24. The molecular formula is C14H19N3S. The van der Waals surface area contributed by atoms with Gasteiger partial charge in [-0.1, -0.05) is 12.1 Å². The molecule has 3 nitrogen and oxygen atoms in total. The minimum absolute atomic E-state index is 0.824. The molecule has 1 aromatic carbocycles. The number of rotatable bonds is 3. The number of aromatic nitrogens is 1. The van der Waals surface area contributed by atoms with E-state index in [0.717, 1.165) is 31.1 Å². The summed E-state index contributed by atoms with van der Waals surface area (Å²) in [7, 11) is 0. The highest BCUT2D eigenvalue weighted by Crippen LogP contribution is 2.34. The zero-order valence-corrected chi connectivity index (χ0v) is 11.3. The predicted octanol–water partition coefficient (Wildman–Crippen LogP) is 2.86. The van der Waals surface area contributed by atoms with Crippen LogP contribution in [0.5, 0.6) is 0 Å². The highest BCUT2D eigenvalue weighted by atomic mass is 32.1. The molecule has 2 aromatic rings. The summed E-state index contributed by atoms with van der Waals surface area (Å²) in [5.41, 5.74) is 6.77. The van der Waals surface area contributed by atoms with Gasteiger partial charge in [-0.15, -0.1) is 0 Å². The number of nitrogens with zero attached hydrogens (tertiary/aromatic N) is 2. The van der Waals surface area contributed by atoms with Crippen LogP contribution in [-0.2, 0) is 0 Å². The van der Waals surface area contributed by atoms with Crippen LogP contribution in [0.4, 0.5) is 5.00 Å². The van der Waals surface area contributed by atoms with Gasteiger partial charge in [0.2, 0.25) is 0 Å². The molecule has 0 atom stereocenters. The largest absolute Gasteiger partial charge is 0.362 e. The highest BCUT2D eigenvalue weighted by Gasteiger charge is 2.21. The minimum Gasteiger partial charge on any atom is -0.362 e. The smallest absolute Gasteiger partial charge is 0.119 e. The van der Waals surface area contributed by atoms with Crippen LogP contribution in [0.2, 0.25) is 0 Å². The van der Waals surface area contributed by atoms with E-state index < -0.39 is 0 Å². The molecule has 1 aliphatic heterocycles. The van der Waals surface area contributed by atoms with E-state index in [4.69, 9.17) is 5.73 Å². The molecule has 96 valence electrons. The number of nitrogens with two attached hydrogens (primary N) is 1. The van der Waals surface area contributed by atoms with Crippen molar-refractivity contribution >= 4 is 27.4 Å². The fourth-order valence-corrected chi connectivity index (χ4v) is 3.68. The summed E-state index contributed by atoms with van der Waals surface area (Å²) >= 11 is 1.64. The maximum atomic E-state index is 5.64. The zero-order chi connectivity index (χ0) is 12.4. The lowest BCUT2D eigenvalue weighted by Gasteiger charge is -2.32.